The Labute approximate surface area is 206 Å². The average Bonchev–Trinajstić information content (AvgIpc) is 2.77. The molecule has 0 saturated carbocycles. The molecule has 32 heavy (non-hydrogen) atoms. The van der Waals surface area contributed by atoms with Crippen LogP contribution in [-0.2, 0) is 21.9 Å². The molecule has 4 nitrogen and oxygen atoms in total. The van der Waals surface area contributed by atoms with Crippen molar-refractivity contribution in [1.82, 2.24) is 10.2 Å². The molecule has 2 rings (SSSR count). The minimum atomic E-state index is -0.534. The maximum absolute atomic E-state index is 13.3. The molecule has 0 aromatic heterocycles. The molecule has 1 atom stereocenters. The first-order valence-corrected chi connectivity index (χ1v) is 12.9. The molecular formula is C25H32Cl2N2O2S. The van der Waals surface area contributed by atoms with Crippen LogP contribution < -0.4 is 5.32 Å². The largest absolute Gasteiger partial charge is 0.354 e. The first kappa shape index (κ1) is 26.6. The summed E-state index contributed by atoms with van der Waals surface area (Å²) in [5.41, 5.74) is 3.27. The van der Waals surface area contributed by atoms with E-state index in [2.05, 4.69) is 31.3 Å². The zero-order valence-electron chi connectivity index (χ0n) is 19.0. The molecule has 0 spiro atoms. The van der Waals surface area contributed by atoms with Crippen LogP contribution in [0, 0.1) is 6.92 Å². The van der Waals surface area contributed by atoms with Crippen molar-refractivity contribution < 1.29 is 9.59 Å². The van der Waals surface area contributed by atoms with Crippen LogP contribution in [0.5, 0.6) is 0 Å². The van der Waals surface area contributed by atoms with Crippen LogP contribution in [0.25, 0.3) is 0 Å². The topological polar surface area (TPSA) is 49.4 Å². The van der Waals surface area contributed by atoms with Gasteiger partial charge in [0.05, 0.1) is 15.8 Å². The summed E-state index contributed by atoms with van der Waals surface area (Å²) in [5, 5.41) is 3.88. The van der Waals surface area contributed by atoms with Gasteiger partial charge in [0.15, 0.2) is 0 Å². The standard InChI is InChI=1S/C25H32Cl2N2O2S/c1-4-6-13-28-25(31)23(5-2)29(15-19-11-12-21(26)22(27)14-19)24(30)17-32-16-20-10-8-7-9-18(20)3/h7-12,14,23H,4-6,13,15-17H2,1-3H3,(H,28,31)/t23-/m1/s1. The van der Waals surface area contributed by atoms with Gasteiger partial charge < -0.3 is 10.2 Å². The number of hydrogen-bond donors (Lipinski definition) is 1. The Balaban J connectivity index is 2.15. The summed E-state index contributed by atoms with van der Waals surface area (Å²) in [6.07, 6.45) is 2.45. The van der Waals surface area contributed by atoms with E-state index in [-0.39, 0.29) is 11.8 Å². The lowest BCUT2D eigenvalue weighted by molar-refractivity contribution is -0.139. The van der Waals surface area contributed by atoms with Crippen LogP contribution >= 0.6 is 35.0 Å². The zero-order valence-corrected chi connectivity index (χ0v) is 21.3. The van der Waals surface area contributed by atoms with Crippen LogP contribution in [0.15, 0.2) is 42.5 Å². The Hall–Kier alpha value is -1.69. The molecule has 7 heteroatoms. The van der Waals surface area contributed by atoms with Gasteiger partial charge in [-0.3, -0.25) is 9.59 Å². The number of carbonyl (C=O) groups excluding carboxylic acids is 2. The molecule has 0 fully saturated rings. The van der Waals surface area contributed by atoms with E-state index in [9.17, 15) is 9.59 Å². The number of nitrogens with zero attached hydrogens (tertiary/aromatic N) is 1. The summed E-state index contributed by atoms with van der Waals surface area (Å²) in [5.74, 6) is 0.873. The van der Waals surface area contributed by atoms with Crippen LogP contribution in [0.1, 0.15) is 49.8 Å². The average molecular weight is 496 g/mol. The lowest BCUT2D eigenvalue weighted by Gasteiger charge is -2.30. The fourth-order valence-electron chi connectivity index (χ4n) is 3.36. The number of rotatable bonds is 12. The van der Waals surface area contributed by atoms with Crippen molar-refractivity contribution in [3.63, 3.8) is 0 Å². The Morgan fingerprint density at radius 2 is 1.84 bits per heavy atom. The molecule has 2 aromatic rings. The van der Waals surface area contributed by atoms with Crippen LogP contribution in [0.2, 0.25) is 10.0 Å². The summed E-state index contributed by atoms with van der Waals surface area (Å²) in [6, 6.07) is 13.0. The second kappa shape index (κ2) is 13.8. The first-order valence-electron chi connectivity index (χ1n) is 11.0. The summed E-state index contributed by atoms with van der Waals surface area (Å²) in [7, 11) is 0. The van der Waals surface area contributed by atoms with Crippen molar-refractivity contribution in [2.45, 2.75) is 58.4 Å². The van der Waals surface area contributed by atoms with E-state index in [0.29, 0.717) is 35.3 Å². The highest BCUT2D eigenvalue weighted by atomic mass is 35.5. The van der Waals surface area contributed by atoms with Gasteiger partial charge in [-0.05, 0) is 48.6 Å². The second-order valence-corrected chi connectivity index (χ2v) is 9.56. The van der Waals surface area contributed by atoms with Crippen LogP contribution in [-0.4, -0.2) is 35.1 Å². The van der Waals surface area contributed by atoms with Crippen molar-refractivity contribution in [2.24, 2.45) is 0 Å². The highest BCUT2D eigenvalue weighted by molar-refractivity contribution is 7.99. The molecule has 174 valence electrons. The van der Waals surface area contributed by atoms with Crippen LogP contribution in [0.3, 0.4) is 0 Å². The van der Waals surface area contributed by atoms with E-state index in [4.69, 9.17) is 23.2 Å². The number of amides is 2. The normalized spacial score (nSPS) is 11.8. The minimum absolute atomic E-state index is 0.0628. The number of carbonyl (C=O) groups is 2. The molecule has 0 aliphatic heterocycles. The minimum Gasteiger partial charge on any atom is -0.354 e. The molecule has 0 heterocycles. The second-order valence-electron chi connectivity index (χ2n) is 7.76. The van der Waals surface area contributed by atoms with E-state index in [1.54, 1.807) is 28.8 Å². The van der Waals surface area contributed by atoms with Gasteiger partial charge in [0.1, 0.15) is 6.04 Å². The number of halogens is 2. The molecular weight excluding hydrogens is 463 g/mol. The summed E-state index contributed by atoms with van der Waals surface area (Å²) in [4.78, 5) is 27.8. The molecule has 2 amide bonds. The van der Waals surface area contributed by atoms with E-state index >= 15 is 0 Å². The predicted molar refractivity (Wildman–Crippen MR) is 136 cm³/mol. The molecule has 0 saturated heterocycles. The van der Waals surface area contributed by atoms with Gasteiger partial charge in [0, 0.05) is 18.8 Å². The van der Waals surface area contributed by atoms with Crippen molar-refractivity contribution in [3.05, 3.63) is 69.2 Å². The lowest BCUT2D eigenvalue weighted by Crippen LogP contribution is -2.49. The highest BCUT2D eigenvalue weighted by Gasteiger charge is 2.28. The molecule has 2 aromatic carbocycles. The van der Waals surface area contributed by atoms with Gasteiger partial charge in [-0.25, -0.2) is 0 Å². The number of unbranched alkanes of at least 4 members (excludes halogenated alkanes) is 1. The molecule has 0 radical (unpaired) electrons. The monoisotopic (exact) mass is 494 g/mol. The van der Waals surface area contributed by atoms with E-state index in [1.807, 2.05) is 25.1 Å². The molecule has 0 bridgehead atoms. The fourth-order valence-corrected chi connectivity index (χ4v) is 4.67. The SMILES string of the molecule is CCCCNC(=O)[C@@H](CC)N(Cc1ccc(Cl)c(Cl)c1)C(=O)CSCc1ccccc1C. The molecule has 0 unspecified atom stereocenters. The number of aryl methyl sites for hydroxylation is 1. The highest BCUT2D eigenvalue weighted by Crippen LogP contribution is 2.25. The maximum Gasteiger partial charge on any atom is 0.242 e. The Morgan fingerprint density at radius 1 is 1.09 bits per heavy atom. The smallest absolute Gasteiger partial charge is 0.242 e. The lowest BCUT2D eigenvalue weighted by atomic mass is 10.1. The maximum atomic E-state index is 13.3. The van der Waals surface area contributed by atoms with E-state index < -0.39 is 6.04 Å². The van der Waals surface area contributed by atoms with Gasteiger partial charge in [0.2, 0.25) is 11.8 Å². The quantitative estimate of drug-likeness (QED) is 0.354. The van der Waals surface area contributed by atoms with Crippen LogP contribution in [0.4, 0.5) is 0 Å². The number of hydrogen-bond acceptors (Lipinski definition) is 3. The van der Waals surface area contributed by atoms with Crippen molar-refractivity contribution in [1.29, 1.82) is 0 Å². The zero-order chi connectivity index (χ0) is 23.5. The number of benzene rings is 2. The third kappa shape index (κ3) is 8.02. The Bertz CT molecular complexity index is 907. The Morgan fingerprint density at radius 3 is 2.50 bits per heavy atom. The number of thioether (sulfide) groups is 1. The van der Waals surface area contributed by atoms with Gasteiger partial charge in [-0.1, -0.05) is 73.8 Å². The third-order valence-electron chi connectivity index (χ3n) is 5.30. The van der Waals surface area contributed by atoms with Crippen molar-refractivity contribution >= 4 is 46.8 Å². The van der Waals surface area contributed by atoms with Crippen molar-refractivity contribution in [3.8, 4) is 0 Å². The van der Waals surface area contributed by atoms with E-state index in [0.717, 1.165) is 24.2 Å². The third-order valence-corrected chi connectivity index (χ3v) is 7.00. The van der Waals surface area contributed by atoms with E-state index in [1.165, 1.54) is 11.1 Å². The Kier molecular flexibility index (Phi) is 11.4. The van der Waals surface area contributed by atoms with Gasteiger partial charge in [-0.15, -0.1) is 11.8 Å². The summed E-state index contributed by atoms with van der Waals surface area (Å²) in [6.45, 7) is 7.00. The fraction of sp³-hybridized carbons (Fsp3) is 0.440. The first-order chi connectivity index (χ1) is 15.4. The molecule has 1 N–H and O–H groups in total. The summed E-state index contributed by atoms with van der Waals surface area (Å²) < 4.78 is 0. The van der Waals surface area contributed by atoms with Crippen molar-refractivity contribution in [2.75, 3.05) is 12.3 Å². The molecule has 0 aliphatic rings. The summed E-state index contributed by atoms with van der Waals surface area (Å²) >= 11 is 13.8. The number of nitrogens with one attached hydrogen (secondary N) is 1. The predicted octanol–water partition coefficient (Wildman–Crippen LogP) is 6.26. The van der Waals surface area contributed by atoms with Gasteiger partial charge in [0.25, 0.3) is 0 Å². The molecule has 0 aliphatic carbocycles. The van der Waals surface area contributed by atoms with Gasteiger partial charge in [-0.2, -0.15) is 0 Å². The van der Waals surface area contributed by atoms with Gasteiger partial charge >= 0.3 is 0 Å².